The van der Waals surface area contributed by atoms with Gasteiger partial charge < -0.3 is 10.4 Å². The van der Waals surface area contributed by atoms with Crippen molar-refractivity contribution in [3.8, 4) is 6.07 Å². The highest BCUT2D eigenvalue weighted by Crippen LogP contribution is 2.18. The van der Waals surface area contributed by atoms with Crippen molar-refractivity contribution < 1.29 is 5.11 Å². The zero-order valence-corrected chi connectivity index (χ0v) is 9.12. The number of hydrogen-bond acceptors (Lipinski definition) is 3. The van der Waals surface area contributed by atoms with Gasteiger partial charge in [0.1, 0.15) is 0 Å². The average molecular weight is 204 g/mol. The molecule has 0 saturated carbocycles. The molecule has 0 amide bonds. The molecule has 0 aliphatic heterocycles. The number of benzene rings is 1. The van der Waals surface area contributed by atoms with Crippen LogP contribution in [0, 0.1) is 11.3 Å². The Balaban J connectivity index is 2.76. The lowest BCUT2D eigenvalue weighted by Gasteiger charge is -2.26. The maximum absolute atomic E-state index is 8.89. The third kappa shape index (κ3) is 3.61. The van der Waals surface area contributed by atoms with Crippen molar-refractivity contribution in [2.75, 3.05) is 11.9 Å². The van der Waals surface area contributed by atoms with Crippen molar-refractivity contribution in [3.05, 3.63) is 29.8 Å². The van der Waals surface area contributed by atoms with E-state index in [9.17, 15) is 0 Å². The Morgan fingerprint density at radius 2 is 2.20 bits per heavy atom. The van der Waals surface area contributed by atoms with Crippen LogP contribution in [0.15, 0.2) is 24.3 Å². The van der Waals surface area contributed by atoms with Crippen LogP contribution >= 0.6 is 0 Å². The number of aliphatic hydroxyl groups is 1. The van der Waals surface area contributed by atoms with Gasteiger partial charge in [0.25, 0.3) is 0 Å². The number of hydrogen-bond donors (Lipinski definition) is 2. The van der Waals surface area contributed by atoms with Gasteiger partial charge in [0.2, 0.25) is 0 Å². The van der Waals surface area contributed by atoms with Crippen molar-refractivity contribution >= 4 is 5.69 Å². The number of aliphatic hydroxyl groups excluding tert-OH is 1. The number of nitrogens with one attached hydrogen (secondary N) is 1. The first kappa shape index (κ1) is 11.5. The van der Waals surface area contributed by atoms with Gasteiger partial charge in [-0.05, 0) is 38.5 Å². The van der Waals surface area contributed by atoms with Gasteiger partial charge in [0, 0.05) is 17.8 Å². The van der Waals surface area contributed by atoms with Gasteiger partial charge in [0.15, 0.2) is 0 Å². The first-order chi connectivity index (χ1) is 7.07. The predicted octanol–water partition coefficient (Wildman–Crippen LogP) is 2.13. The molecule has 0 unspecified atom stereocenters. The van der Waals surface area contributed by atoms with E-state index in [1.807, 2.05) is 26.0 Å². The lowest BCUT2D eigenvalue weighted by molar-refractivity contribution is 0.261. The lowest BCUT2D eigenvalue weighted by Crippen LogP contribution is -2.31. The Morgan fingerprint density at radius 1 is 1.47 bits per heavy atom. The van der Waals surface area contributed by atoms with E-state index in [-0.39, 0.29) is 12.1 Å². The van der Waals surface area contributed by atoms with Gasteiger partial charge in [-0.1, -0.05) is 6.07 Å². The van der Waals surface area contributed by atoms with E-state index in [1.165, 1.54) is 0 Å². The van der Waals surface area contributed by atoms with Gasteiger partial charge in [0.05, 0.1) is 11.6 Å². The fourth-order valence-corrected chi connectivity index (χ4v) is 1.40. The van der Waals surface area contributed by atoms with Crippen LogP contribution in [0.2, 0.25) is 0 Å². The van der Waals surface area contributed by atoms with Crippen LogP contribution in [-0.2, 0) is 0 Å². The van der Waals surface area contributed by atoms with Crippen molar-refractivity contribution in [2.24, 2.45) is 0 Å². The molecule has 0 heterocycles. The summed E-state index contributed by atoms with van der Waals surface area (Å²) in [5, 5.41) is 20.9. The Morgan fingerprint density at radius 3 is 2.80 bits per heavy atom. The monoisotopic (exact) mass is 204 g/mol. The van der Waals surface area contributed by atoms with Crippen LogP contribution in [0.5, 0.6) is 0 Å². The number of nitrogens with zero attached hydrogens (tertiary/aromatic N) is 1. The minimum Gasteiger partial charge on any atom is -0.396 e. The second kappa shape index (κ2) is 4.81. The highest BCUT2D eigenvalue weighted by atomic mass is 16.3. The van der Waals surface area contributed by atoms with Gasteiger partial charge in [-0.15, -0.1) is 0 Å². The Labute approximate surface area is 90.4 Å². The summed E-state index contributed by atoms with van der Waals surface area (Å²) in [5.74, 6) is 0. The molecule has 0 bridgehead atoms. The molecule has 80 valence electrons. The minimum absolute atomic E-state index is 0.151. The van der Waals surface area contributed by atoms with E-state index < -0.39 is 0 Å². The standard InChI is InChI=1S/C12H16N2O/c1-12(2,6-7-15)14-11-5-3-4-10(8-11)9-13/h3-5,8,14-15H,6-7H2,1-2H3. The molecule has 0 spiro atoms. The maximum Gasteiger partial charge on any atom is 0.0992 e. The van der Waals surface area contributed by atoms with Crippen molar-refractivity contribution in [1.29, 1.82) is 5.26 Å². The quantitative estimate of drug-likeness (QED) is 0.790. The Kier molecular flexibility index (Phi) is 3.70. The summed E-state index contributed by atoms with van der Waals surface area (Å²) < 4.78 is 0. The highest BCUT2D eigenvalue weighted by molar-refractivity contribution is 5.50. The Bertz CT molecular complexity index is 366. The fraction of sp³-hybridized carbons (Fsp3) is 0.417. The molecule has 0 atom stereocenters. The van der Waals surface area contributed by atoms with Gasteiger partial charge in [-0.2, -0.15) is 5.26 Å². The fourth-order valence-electron chi connectivity index (χ4n) is 1.40. The molecule has 0 aliphatic carbocycles. The van der Waals surface area contributed by atoms with Gasteiger partial charge in [-0.3, -0.25) is 0 Å². The molecule has 2 N–H and O–H groups in total. The van der Waals surface area contributed by atoms with Crippen LogP contribution in [-0.4, -0.2) is 17.3 Å². The van der Waals surface area contributed by atoms with E-state index in [1.54, 1.807) is 12.1 Å². The van der Waals surface area contributed by atoms with Crippen molar-refractivity contribution in [1.82, 2.24) is 0 Å². The molecular weight excluding hydrogens is 188 g/mol. The van der Waals surface area contributed by atoms with E-state index in [4.69, 9.17) is 10.4 Å². The Hall–Kier alpha value is -1.53. The smallest absolute Gasteiger partial charge is 0.0992 e. The lowest BCUT2D eigenvalue weighted by atomic mass is 10.0. The van der Waals surface area contributed by atoms with Crippen LogP contribution in [0.25, 0.3) is 0 Å². The highest BCUT2D eigenvalue weighted by Gasteiger charge is 2.16. The topological polar surface area (TPSA) is 56.0 Å². The maximum atomic E-state index is 8.89. The third-order valence-corrected chi connectivity index (χ3v) is 2.21. The molecule has 0 fully saturated rings. The SMILES string of the molecule is CC(C)(CCO)Nc1cccc(C#N)c1. The molecule has 15 heavy (non-hydrogen) atoms. The summed E-state index contributed by atoms with van der Waals surface area (Å²) in [6.07, 6.45) is 0.670. The van der Waals surface area contributed by atoms with Crippen molar-refractivity contribution in [2.45, 2.75) is 25.8 Å². The normalized spacial score (nSPS) is 10.8. The summed E-state index contributed by atoms with van der Waals surface area (Å²) in [7, 11) is 0. The number of anilines is 1. The second-order valence-corrected chi connectivity index (χ2v) is 4.18. The van der Waals surface area contributed by atoms with E-state index in [0.29, 0.717) is 12.0 Å². The molecule has 3 nitrogen and oxygen atoms in total. The second-order valence-electron chi connectivity index (χ2n) is 4.18. The van der Waals surface area contributed by atoms with E-state index in [2.05, 4.69) is 11.4 Å². The molecule has 0 aliphatic rings. The first-order valence-corrected chi connectivity index (χ1v) is 4.96. The van der Waals surface area contributed by atoms with Crippen LogP contribution < -0.4 is 5.32 Å². The largest absolute Gasteiger partial charge is 0.396 e. The van der Waals surface area contributed by atoms with E-state index in [0.717, 1.165) is 5.69 Å². The minimum atomic E-state index is -0.164. The zero-order valence-electron chi connectivity index (χ0n) is 9.12. The molecular formula is C12H16N2O. The summed E-state index contributed by atoms with van der Waals surface area (Å²) >= 11 is 0. The number of rotatable bonds is 4. The molecule has 1 rings (SSSR count). The van der Waals surface area contributed by atoms with E-state index >= 15 is 0 Å². The molecule has 0 radical (unpaired) electrons. The zero-order chi connectivity index (χ0) is 11.3. The molecule has 0 aromatic heterocycles. The first-order valence-electron chi connectivity index (χ1n) is 4.96. The van der Waals surface area contributed by atoms with Crippen LogP contribution in [0.4, 0.5) is 5.69 Å². The summed E-state index contributed by atoms with van der Waals surface area (Å²) in [4.78, 5) is 0. The molecule has 1 aromatic rings. The predicted molar refractivity (Wildman–Crippen MR) is 60.6 cm³/mol. The molecule has 1 aromatic carbocycles. The summed E-state index contributed by atoms with van der Waals surface area (Å²) in [5.41, 5.74) is 1.38. The molecule has 0 saturated heterocycles. The summed E-state index contributed by atoms with van der Waals surface area (Å²) in [6.45, 7) is 4.18. The number of nitriles is 1. The van der Waals surface area contributed by atoms with Crippen LogP contribution in [0.1, 0.15) is 25.8 Å². The van der Waals surface area contributed by atoms with Gasteiger partial charge in [-0.25, -0.2) is 0 Å². The molecule has 3 heteroatoms. The van der Waals surface area contributed by atoms with Gasteiger partial charge >= 0.3 is 0 Å². The van der Waals surface area contributed by atoms with Crippen LogP contribution in [0.3, 0.4) is 0 Å². The third-order valence-electron chi connectivity index (χ3n) is 2.21. The average Bonchev–Trinajstić information content (AvgIpc) is 2.17. The van der Waals surface area contributed by atoms with Crippen molar-refractivity contribution in [3.63, 3.8) is 0 Å². The summed E-state index contributed by atoms with van der Waals surface area (Å²) in [6, 6.07) is 9.43.